The van der Waals surface area contributed by atoms with E-state index in [4.69, 9.17) is 0 Å². The minimum Gasteiger partial charge on any atom is -0.345 e. The maximum atomic E-state index is 11.6. The first-order valence-electron chi connectivity index (χ1n) is 5.29. The van der Waals surface area contributed by atoms with E-state index in [1.165, 1.54) is 14.1 Å². The molecule has 0 aliphatic carbocycles. The third kappa shape index (κ3) is 2.69. The van der Waals surface area contributed by atoms with Gasteiger partial charge >= 0.3 is 10.2 Å². The largest absolute Gasteiger partial charge is 0.345 e. The Bertz CT molecular complexity index is 603. The molecule has 0 unspecified atom stereocenters. The smallest absolute Gasteiger partial charge is 0.301 e. The van der Waals surface area contributed by atoms with Crippen LogP contribution in [0.3, 0.4) is 0 Å². The molecule has 2 N–H and O–H groups in total. The van der Waals surface area contributed by atoms with E-state index in [9.17, 15) is 8.42 Å². The molecule has 0 atom stereocenters. The number of aromatic amines is 1. The number of rotatable bonds is 4. The van der Waals surface area contributed by atoms with Crippen LogP contribution in [0.2, 0.25) is 0 Å². The average Bonchev–Trinajstić information content (AvgIpc) is 2.83. The van der Waals surface area contributed by atoms with Gasteiger partial charge in [-0.1, -0.05) is 0 Å². The first kappa shape index (κ1) is 12.6. The Labute approximate surface area is 106 Å². The van der Waals surface area contributed by atoms with Gasteiger partial charge < -0.3 is 4.98 Å². The van der Waals surface area contributed by atoms with Crippen molar-refractivity contribution >= 4 is 15.9 Å². The highest BCUT2D eigenvalue weighted by molar-refractivity contribution is 7.90. The zero-order chi connectivity index (χ0) is 13.2. The van der Waals surface area contributed by atoms with Crippen LogP contribution in [0.4, 0.5) is 5.69 Å². The van der Waals surface area contributed by atoms with Crippen LogP contribution in [0, 0.1) is 0 Å². The van der Waals surface area contributed by atoms with E-state index in [0.29, 0.717) is 5.69 Å². The van der Waals surface area contributed by atoms with E-state index >= 15 is 0 Å². The molecule has 1 heterocycles. The fourth-order valence-corrected chi connectivity index (χ4v) is 1.98. The summed E-state index contributed by atoms with van der Waals surface area (Å²) < 4.78 is 26.8. The van der Waals surface area contributed by atoms with E-state index in [0.717, 1.165) is 15.7 Å². The molecule has 0 spiro atoms. The summed E-state index contributed by atoms with van der Waals surface area (Å²) in [6, 6.07) is 6.98. The quantitative estimate of drug-likeness (QED) is 0.875. The molecule has 0 saturated carbocycles. The fourth-order valence-electron chi connectivity index (χ4n) is 1.36. The molecule has 6 nitrogen and oxygen atoms in total. The molecule has 96 valence electrons. The van der Waals surface area contributed by atoms with Gasteiger partial charge in [0, 0.05) is 37.7 Å². The summed E-state index contributed by atoms with van der Waals surface area (Å²) in [6.45, 7) is 0. The number of H-pyrrole nitrogens is 1. The van der Waals surface area contributed by atoms with Crippen LogP contribution < -0.4 is 4.72 Å². The van der Waals surface area contributed by atoms with Gasteiger partial charge in [0.15, 0.2) is 0 Å². The van der Waals surface area contributed by atoms with Crippen LogP contribution in [0.1, 0.15) is 0 Å². The average molecular weight is 266 g/mol. The summed E-state index contributed by atoms with van der Waals surface area (Å²) in [5.41, 5.74) is 1.41. The Kier molecular flexibility index (Phi) is 3.35. The van der Waals surface area contributed by atoms with E-state index in [2.05, 4.69) is 14.7 Å². The monoisotopic (exact) mass is 266 g/mol. The lowest BCUT2D eigenvalue weighted by atomic mass is 10.2. The van der Waals surface area contributed by atoms with Crippen molar-refractivity contribution in [2.24, 2.45) is 0 Å². The second-order valence-corrected chi connectivity index (χ2v) is 5.79. The van der Waals surface area contributed by atoms with Crippen molar-refractivity contribution in [1.82, 2.24) is 14.3 Å². The Hall–Kier alpha value is -1.86. The van der Waals surface area contributed by atoms with Crippen LogP contribution in [-0.4, -0.2) is 36.8 Å². The topological polar surface area (TPSA) is 78.1 Å². The number of nitrogens with zero attached hydrogens (tertiary/aromatic N) is 2. The van der Waals surface area contributed by atoms with E-state index in [-0.39, 0.29) is 0 Å². The summed E-state index contributed by atoms with van der Waals surface area (Å²) >= 11 is 0. The molecule has 0 fully saturated rings. The normalized spacial score (nSPS) is 11.7. The van der Waals surface area contributed by atoms with E-state index in [1.807, 2.05) is 0 Å². The number of benzene rings is 1. The van der Waals surface area contributed by atoms with Crippen molar-refractivity contribution < 1.29 is 8.42 Å². The molecular formula is C11H14N4O2S. The summed E-state index contributed by atoms with van der Waals surface area (Å²) in [4.78, 5) is 7.10. The zero-order valence-electron chi connectivity index (χ0n) is 10.1. The SMILES string of the molecule is CN(C)S(=O)(=O)Nc1ccc(-c2ncc[nH]2)cc1. The molecule has 0 aliphatic heterocycles. The molecule has 0 radical (unpaired) electrons. The molecular weight excluding hydrogens is 252 g/mol. The lowest BCUT2D eigenvalue weighted by Crippen LogP contribution is -2.28. The number of nitrogens with one attached hydrogen (secondary N) is 2. The first-order chi connectivity index (χ1) is 8.49. The minimum absolute atomic E-state index is 0.513. The number of hydrogen-bond acceptors (Lipinski definition) is 3. The van der Waals surface area contributed by atoms with Gasteiger partial charge in [0.2, 0.25) is 0 Å². The molecule has 0 aliphatic rings. The van der Waals surface area contributed by atoms with Crippen LogP contribution >= 0.6 is 0 Å². The van der Waals surface area contributed by atoms with Crippen molar-refractivity contribution in [3.63, 3.8) is 0 Å². The van der Waals surface area contributed by atoms with Gasteiger partial charge in [0.1, 0.15) is 5.82 Å². The molecule has 18 heavy (non-hydrogen) atoms. The lowest BCUT2D eigenvalue weighted by Gasteiger charge is -2.13. The number of hydrogen-bond donors (Lipinski definition) is 2. The Morgan fingerprint density at radius 3 is 2.39 bits per heavy atom. The molecule has 2 aromatic rings. The molecule has 2 rings (SSSR count). The van der Waals surface area contributed by atoms with Crippen LogP contribution in [-0.2, 0) is 10.2 Å². The highest BCUT2D eigenvalue weighted by Crippen LogP contribution is 2.18. The predicted molar refractivity (Wildman–Crippen MR) is 70.3 cm³/mol. The highest BCUT2D eigenvalue weighted by Gasteiger charge is 2.12. The van der Waals surface area contributed by atoms with Crippen LogP contribution in [0.5, 0.6) is 0 Å². The Morgan fingerprint density at radius 2 is 1.89 bits per heavy atom. The van der Waals surface area contributed by atoms with Crippen molar-refractivity contribution in [2.75, 3.05) is 18.8 Å². The molecule has 7 heteroatoms. The van der Waals surface area contributed by atoms with Crippen molar-refractivity contribution in [2.45, 2.75) is 0 Å². The van der Waals surface area contributed by atoms with Gasteiger partial charge in [0.25, 0.3) is 0 Å². The van der Waals surface area contributed by atoms with Crippen LogP contribution in [0.25, 0.3) is 11.4 Å². The van der Waals surface area contributed by atoms with Crippen molar-refractivity contribution in [3.05, 3.63) is 36.7 Å². The first-order valence-corrected chi connectivity index (χ1v) is 6.73. The third-order valence-corrected chi connectivity index (χ3v) is 3.84. The number of anilines is 1. The third-order valence-electron chi connectivity index (χ3n) is 2.38. The Balaban J connectivity index is 2.19. The summed E-state index contributed by atoms with van der Waals surface area (Å²) in [7, 11) is -0.514. The summed E-state index contributed by atoms with van der Waals surface area (Å²) in [6.07, 6.45) is 3.40. The van der Waals surface area contributed by atoms with E-state index < -0.39 is 10.2 Å². The van der Waals surface area contributed by atoms with Crippen molar-refractivity contribution in [1.29, 1.82) is 0 Å². The van der Waals surface area contributed by atoms with E-state index in [1.54, 1.807) is 36.7 Å². The molecule has 0 bridgehead atoms. The lowest BCUT2D eigenvalue weighted by molar-refractivity contribution is 0.527. The van der Waals surface area contributed by atoms with Crippen LogP contribution in [0.15, 0.2) is 36.7 Å². The maximum Gasteiger partial charge on any atom is 0.301 e. The maximum absolute atomic E-state index is 11.6. The summed E-state index contributed by atoms with van der Waals surface area (Å²) in [5.74, 6) is 0.747. The molecule has 1 aromatic heterocycles. The van der Waals surface area contributed by atoms with Gasteiger partial charge in [-0.15, -0.1) is 0 Å². The fraction of sp³-hybridized carbons (Fsp3) is 0.182. The minimum atomic E-state index is -3.46. The molecule has 1 aromatic carbocycles. The van der Waals surface area contributed by atoms with Gasteiger partial charge in [-0.25, -0.2) is 4.98 Å². The summed E-state index contributed by atoms with van der Waals surface area (Å²) in [5, 5.41) is 0. The second kappa shape index (κ2) is 4.79. The van der Waals surface area contributed by atoms with Crippen molar-refractivity contribution in [3.8, 4) is 11.4 Å². The van der Waals surface area contributed by atoms with Gasteiger partial charge in [-0.2, -0.15) is 12.7 Å². The number of imidazole rings is 1. The van der Waals surface area contributed by atoms with Gasteiger partial charge in [-0.3, -0.25) is 4.72 Å². The highest BCUT2D eigenvalue weighted by atomic mass is 32.2. The number of aromatic nitrogens is 2. The second-order valence-electron chi connectivity index (χ2n) is 3.90. The standard InChI is InChI=1S/C11H14N4O2S/c1-15(2)18(16,17)14-10-5-3-9(4-6-10)11-12-7-8-13-11/h3-8,14H,1-2H3,(H,12,13). The zero-order valence-corrected chi connectivity index (χ0v) is 10.9. The van der Waals surface area contributed by atoms with Gasteiger partial charge in [0.05, 0.1) is 0 Å². The molecule has 0 amide bonds. The van der Waals surface area contributed by atoms with Gasteiger partial charge in [-0.05, 0) is 24.3 Å². The Morgan fingerprint density at radius 1 is 1.22 bits per heavy atom. The predicted octanol–water partition coefficient (Wildman–Crippen LogP) is 1.29. The molecule has 0 saturated heterocycles.